The number of Topliss-reactive ketones (excluding diaryl/α,β-unsaturated/α-hetero) is 1. The molecule has 70 valence electrons. The lowest BCUT2D eigenvalue weighted by Gasteiger charge is -2.00. The third kappa shape index (κ3) is 1.17. The zero-order chi connectivity index (χ0) is 10.3. The van der Waals surface area contributed by atoms with Gasteiger partial charge < -0.3 is 0 Å². The van der Waals surface area contributed by atoms with Crippen molar-refractivity contribution in [3.63, 3.8) is 0 Å². The first-order valence-electron chi connectivity index (χ1n) is 4.06. The van der Waals surface area contributed by atoms with Gasteiger partial charge in [-0.15, -0.1) is 0 Å². The molecule has 0 spiro atoms. The lowest BCUT2D eigenvalue weighted by atomic mass is 10.1. The number of nitriles is 1. The van der Waals surface area contributed by atoms with Gasteiger partial charge in [-0.05, 0) is 34.5 Å². The zero-order valence-electron chi connectivity index (χ0n) is 7.05. The first-order valence-corrected chi connectivity index (χ1v) is 4.85. The molecule has 0 bridgehead atoms. The standard InChI is InChI=1S/C10H5BrFNO/c11-8-2-1-6-7(9(8)12)3-5(4-13)10(6)14/h1-2,5H,3H2. The molecule has 1 aromatic rings. The number of rotatable bonds is 0. The highest BCUT2D eigenvalue weighted by Crippen LogP contribution is 2.31. The fourth-order valence-electron chi connectivity index (χ4n) is 1.61. The maximum Gasteiger partial charge on any atom is 0.180 e. The van der Waals surface area contributed by atoms with Crippen LogP contribution in [0.4, 0.5) is 4.39 Å². The van der Waals surface area contributed by atoms with Gasteiger partial charge in [0, 0.05) is 11.1 Å². The smallest absolute Gasteiger partial charge is 0.180 e. The summed E-state index contributed by atoms with van der Waals surface area (Å²) in [6.45, 7) is 0. The first kappa shape index (κ1) is 9.35. The highest BCUT2D eigenvalue weighted by molar-refractivity contribution is 9.10. The summed E-state index contributed by atoms with van der Waals surface area (Å²) in [5, 5.41) is 8.66. The minimum absolute atomic E-state index is 0.190. The average molecular weight is 254 g/mol. The third-order valence-corrected chi connectivity index (χ3v) is 2.95. The van der Waals surface area contributed by atoms with Gasteiger partial charge in [-0.25, -0.2) is 4.39 Å². The summed E-state index contributed by atoms with van der Waals surface area (Å²) in [4.78, 5) is 11.5. The van der Waals surface area contributed by atoms with Crippen LogP contribution in [-0.4, -0.2) is 5.78 Å². The maximum absolute atomic E-state index is 13.5. The van der Waals surface area contributed by atoms with Gasteiger partial charge in [0.05, 0.1) is 10.5 Å². The molecule has 0 saturated carbocycles. The van der Waals surface area contributed by atoms with Crippen LogP contribution in [0.15, 0.2) is 16.6 Å². The number of carbonyl (C=O) groups excluding carboxylic acids is 1. The molecule has 0 amide bonds. The Balaban J connectivity index is 2.60. The van der Waals surface area contributed by atoms with Crippen molar-refractivity contribution in [1.29, 1.82) is 5.26 Å². The van der Waals surface area contributed by atoms with E-state index in [-0.39, 0.29) is 12.2 Å². The number of nitrogens with zero attached hydrogens (tertiary/aromatic N) is 1. The Morgan fingerprint density at radius 1 is 1.57 bits per heavy atom. The molecule has 1 aliphatic rings. The molecule has 1 unspecified atom stereocenters. The summed E-state index contributed by atoms with van der Waals surface area (Å²) in [5.41, 5.74) is 0.702. The Bertz CT molecular complexity index is 464. The van der Waals surface area contributed by atoms with Crippen LogP contribution in [-0.2, 0) is 6.42 Å². The molecule has 1 aromatic carbocycles. The Hall–Kier alpha value is -1.21. The van der Waals surface area contributed by atoms with Crippen LogP contribution in [0, 0.1) is 23.1 Å². The average Bonchev–Trinajstić information content (AvgIpc) is 2.50. The predicted molar refractivity (Wildman–Crippen MR) is 51.2 cm³/mol. The summed E-state index contributed by atoms with van der Waals surface area (Å²) in [5.74, 6) is -1.41. The van der Waals surface area contributed by atoms with E-state index in [1.807, 2.05) is 6.07 Å². The Kier molecular flexibility index (Phi) is 2.12. The largest absolute Gasteiger partial charge is 0.293 e. The highest BCUT2D eigenvalue weighted by Gasteiger charge is 2.33. The third-order valence-electron chi connectivity index (χ3n) is 2.34. The topological polar surface area (TPSA) is 40.9 Å². The number of halogens is 2. The number of ketones is 1. The van der Waals surface area contributed by atoms with E-state index in [9.17, 15) is 9.18 Å². The van der Waals surface area contributed by atoms with Gasteiger partial charge in [0.25, 0.3) is 0 Å². The van der Waals surface area contributed by atoms with Crippen molar-refractivity contribution in [1.82, 2.24) is 0 Å². The van der Waals surface area contributed by atoms with Crippen LogP contribution in [0.2, 0.25) is 0 Å². The summed E-state index contributed by atoms with van der Waals surface area (Å²) in [6.07, 6.45) is 0.190. The van der Waals surface area contributed by atoms with Crippen LogP contribution in [0.3, 0.4) is 0 Å². The molecule has 0 aromatic heterocycles. The fourth-order valence-corrected chi connectivity index (χ4v) is 1.98. The van der Waals surface area contributed by atoms with E-state index in [0.717, 1.165) is 0 Å². The maximum atomic E-state index is 13.5. The zero-order valence-corrected chi connectivity index (χ0v) is 8.64. The second-order valence-corrected chi connectivity index (χ2v) is 3.99. The number of fused-ring (bicyclic) bond motifs is 1. The van der Waals surface area contributed by atoms with Gasteiger partial charge in [-0.1, -0.05) is 0 Å². The molecule has 14 heavy (non-hydrogen) atoms. The van der Waals surface area contributed by atoms with E-state index >= 15 is 0 Å². The van der Waals surface area contributed by atoms with Crippen LogP contribution >= 0.6 is 15.9 Å². The minimum Gasteiger partial charge on any atom is -0.293 e. The van der Waals surface area contributed by atoms with Crippen molar-refractivity contribution >= 4 is 21.7 Å². The van der Waals surface area contributed by atoms with Gasteiger partial charge in [0.15, 0.2) is 5.78 Å². The van der Waals surface area contributed by atoms with E-state index in [4.69, 9.17) is 5.26 Å². The summed E-state index contributed by atoms with van der Waals surface area (Å²) < 4.78 is 13.8. The van der Waals surface area contributed by atoms with Gasteiger partial charge in [-0.3, -0.25) is 4.79 Å². The number of hydrogen-bond donors (Lipinski definition) is 0. The molecule has 0 heterocycles. The van der Waals surface area contributed by atoms with E-state index in [2.05, 4.69) is 15.9 Å². The second kappa shape index (κ2) is 3.18. The summed E-state index contributed by atoms with van der Waals surface area (Å²) in [6, 6.07) is 4.93. The monoisotopic (exact) mass is 253 g/mol. The van der Waals surface area contributed by atoms with E-state index in [0.29, 0.717) is 15.6 Å². The molecular weight excluding hydrogens is 249 g/mol. The lowest BCUT2D eigenvalue weighted by Crippen LogP contribution is -2.05. The van der Waals surface area contributed by atoms with Crippen LogP contribution in [0.25, 0.3) is 0 Å². The molecule has 0 radical (unpaired) electrons. The fraction of sp³-hybridized carbons (Fsp3) is 0.200. The molecule has 0 aliphatic heterocycles. The SMILES string of the molecule is N#CC1Cc2c(ccc(Br)c2F)C1=O. The molecular formula is C10H5BrFNO. The Labute approximate surface area is 88.5 Å². The normalized spacial score (nSPS) is 19.2. The summed E-state index contributed by atoms with van der Waals surface area (Å²) in [7, 11) is 0. The van der Waals surface area contributed by atoms with Gasteiger partial charge in [-0.2, -0.15) is 5.26 Å². The van der Waals surface area contributed by atoms with Crippen molar-refractivity contribution in [3.05, 3.63) is 33.5 Å². The van der Waals surface area contributed by atoms with Crippen molar-refractivity contribution in [2.75, 3.05) is 0 Å². The van der Waals surface area contributed by atoms with Crippen LogP contribution < -0.4 is 0 Å². The van der Waals surface area contributed by atoms with Gasteiger partial charge >= 0.3 is 0 Å². The molecule has 0 fully saturated rings. The van der Waals surface area contributed by atoms with E-state index < -0.39 is 11.7 Å². The highest BCUT2D eigenvalue weighted by atomic mass is 79.9. The molecule has 0 saturated heterocycles. The first-order chi connectivity index (χ1) is 6.65. The predicted octanol–water partition coefficient (Wildman–Crippen LogP) is 2.47. The Morgan fingerprint density at radius 3 is 2.93 bits per heavy atom. The van der Waals surface area contributed by atoms with Crippen LogP contribution in [0.5, 0.6) is 0 Å². The molecule has 4 heteroatoms. The molecule has 1 aliphatic carbocycles. The van der Waals surface area contributed by atoms with Crippen molar-refractivity contribution in [2.24, 2.45) is 5.92 Å². The van der Waals surface area contributed by atoms with Crippen LogP contribution in [0.1, 0.15) is 15.9 Å². The number of carbonyl (C=O) groups is 1. The van der Waals surface area contributed by atoms with Crippen molar-refractivity contribution < 1.29 is 9.18 Å². The van der Waals surface area contributed by atoms with E-state index in [1.54, 1.807) is 6.07 Å². The lowest BCUT2D eigenvalue weighted by molar-refractivity contribution is 0.0963. The number of benzene rings is 1. The molecule has 0 N–H and O–H groups in total. The minimum atomic E-state index is -0.714. The molecule has 2 rings (SSSR count). The molecule has 2 nitrogen and oxygen atoms in total. The number of hydrogen-bond acceptors (Lipinski definition) is 2. The van der Waals surface area contributed by atoms with E-state index in [1.165, 1.54) is 6.07 Å². The van der Waals surface area contributed by atoms with Gasteiger partial charge in [0.2, 0.25) is 0 Å². The quantitative estimate of drug-likeness (QED) is 0.713. The van der Waals surface area contributed by atoms with Gasteiger partial charge in [0.1, 0.15) is 11.7 Å². The van der Waals surface area contributed by atoms with Crippen molar-refractivity contribution in [3.8, 4) is 6.07 Å². The summed E-state index contributed by atoms with van der Waals surface area (Å²) >= 11 is 3.04. The second-order valence-electron chi connectivity index (χ2n) is 3.14. The Morgan fingerprint density at radius 2 is 2.29 bits per heavy atom. The van der Waals surface area contributed by atoms with Crippen molar-refractivity contribution in [2.45, 2.75) is 6.42 Å². The molecule has 1 atom stereocenters.